The summed E-state index contributed by atoms with van der Waals surface area (Å²) in [5, 5.41) is 2.44. The molecule has 0 aromatic heterocycles. The first kappa shape index (κ1) is 4.24. The van der Waals surface area contributed by atoms with Crippen LogP contribution in [0.2, 0.25) is 0 Å². The third kappa shape index (κ3) is 3.71. The molecule has 1 aromatic carbocycles. The van der Waals surface area contributed by atoms with Crippen LogP contribution >= 0.6 is 0 Å². The largest absolute Gasteiger partial charge is 0.325 e. The van der Waals surface area contributed by atoms with Crippen molar-refractivity contribution in [3.05, 3.63) is 30.3 Å². The maximum atomic E-state index is 11.7. The van der Waals surface area contributed by atoms with Crippen molar-refractivity contribution in [3.63, 3.8) is 0 Å². The average Bonchev–Trinajstić information content (AvgIpc) is 2.24. The van der Waals surface area contributed by atoms with Crippen molar-refractivity contribution < 1.29 is 13.0 Å². The fourth-order valence-corrected chi connectivity index (χ4v) is 0.866. The zero-order valence-corrected chi connectivity index (χ0v) is 6.95. The molecule has 70 valence electrons. The van der Waals surface area contributed by atoms with Gasteiger partial charge in [0.15, 0.2) is 0 Å². The quantitative estimate of drug-likeness (QED) is 0.765. The highest BCUT2D eigenvalue weighted by molar-refractivity contribution is 5.92. The lowest BCUT2D eigenvalue weighted by molar-refractivity contribution is -0.116. The second kappa shape index (κ2) is 4.62. The Kier molecular flexibility index (Phi) is 1.51. The van der Waals surface area contributed by atoms with E-state index in [0.717, 1.165) is 0 Å². The summed E-state index contributed by atoms with van der Waals surface area (Å²) in [5.74, 6) is -0.696. The molecule has 0 bridgehead atoms. The first-order valence-corrected chi connectivity index (χ1v) is 3.73. The van der Waals surface area contributed by atoms with E-state index in [-0.39, 0.29) is 4.90 Å². The number of carbonyl (C=O) groups is 1. The van der Waals surface area contributed by atoms with Gasteiger partial charge in [0.2, 0.25) is 5.91 Å². The van der Waals surface area contributed by atoms with Crippen LogP contribution in [0.25, 0.3) is 0 Å². The van der Waals surface area contributed by atoms with Crippen molar-refractivity contribution >= 4 is 11.6 Å². The van der Waals surface area contributed by atoms with Gasteiger partial charge in [-0.3, -0.25) is 4.79 Å². The van der Waals surface area contributed by atoms with Gasteiger partial charge in [-0.1, -0.05) is 18.2 Å². The number of hydrogen-bond donors (Lipinski definition) is 1. The Labute approximate surface area is 86.8 Å². The number of nitrogens with one attached hydrogen (secondary N) is 1. The molecule has 3 heteroatoms. The van der Waals surface area contributed by atoms with Crippen LogP contribution in [-0.4, -0.2) is 31.3 Å². The third-order valence-electron chi connectivity index (χ3n) is 1.36. The van der Waals surface area contributed by atoms with Crippen LogP contribution in [0, 0.1) is 0 Å². The summed E-state index contributed by atoms with van der Waals surface area (Å²) in [7, 11) is 0. The molecule has 0 fully saturated rings. The highest BCUT2D eigenvalue weighted by Crippen LogP contribution is 2.04. The monoisotopic (exact) mass is 184 g/mol. The topological polar surface area (TPSA) is 32.3 Å². The fourth-order valence-electron chi connectivity index (χ4n) is 0.866. The summed E-state index contributed by atoms with van der Waals surface area (Å²) in [6.45, 7) is -6.46. The molecule has 13 heavy (non-hydrogen) atoms. The highest BCUT2D eigenvalue weighted by Gasteiger charge is 2.01. The van der Waals surface area contributed by atoms with E-state index in [1.54, 1.807) is 30.3 Å². The summed E-state index contributed by atoms with van der Waals surface area (Å²) in [4.78, 5) is 11.9. The molecule has 0 atom stereocenters. The van der Waals surface area contributed by atoms with Crippen molar-refractivity contribution in [1.29, 1.82) is 0 Å². The Morgan fingerprint density at radius 1 is 1.46 bits per heavy atom. The van der Waals surface area contributed by atoms with Crippen molar-refractivity contribution in [1.82, 2.24) is 4.90 Å². The minimum atomic E-state index is -2.86. The van der Waals surface area contributed by atoms with E-state index in [0.29, 0.717) is 5.69 Å². The maximum absolute atomic E-state index is 11.7. The Bertz CT molecular complexity index is 414. The van der Waals surface area contributed by atoms with Gasteiger partial charge in [-0.15, -0.1) is 0 Å². The van der Waals surface area contributed by atoms with Gasteiger partial charge in [-0.25, -0.2) is 0 Å². The summed E-state index contributed by atoms with van der Waals surface area (Å²) in [6.07, 6.45) is 0. The van der Waals surface area contributed by atoms with Crippen LogP contribution in [0.4, 0.5) is 5.69 Å². The van der Waals surface area contributed by atoms with Crippen LogP contribution in [0.1, 0.15) is 8.22 Å². The summed E-state index contributed by atoms with van der Waals surface area (Å²) < 4.78 is 42.8. The number of para-hydroxylation sites is 1. The van der Waals surface area contributed by atoms with Crippen LogP contribution in [-0.2, 0) is 4.79 Å². The first-order valence-electron chi connectivity index (χ1n) is 6.73. The Morgan fingerprint density at radius 3 is 2.77 bits per heavy atom. The number of likely N-dealkylation sites (N-methyl/N-ethyl adjacent to an activating group) is 1. The maximum Gasteiger partial charge on any atom is 0.238 e. The lowest BCUT2D eigenvalue weighted by Gasteiger charge is -2.09. The number of benzene rings is 1. The average molecular weight is 184 g/mol. The van der Waals surface area contributed by atoms with Gasteiger partial charge in [-0.05, 0) is 26.1 Å². The van der Waals surface area contributed by atoms with Gasteiger partial charge in [0.25, 0.3) is 0 Å². The van der Waals surface area contributed by atoms with E-state index < -0.39 is 26.4 Å². The molecule has 0 spiro atoms. The minimum Gasteiger partial charge on any atom is -0.325 e. The van der Waals surface area contributed by atoms with Gasteiger partial charge >= 0.3 is 0 Å². The zero-order chi connectivity index (χ0) is 14.7. The van der Waals surface area contributed by atoms with Crippen LogP contribution in [0.3, 0.4) is 0 Å². The molecular weight excluding hydrogens is 164 g/mol. The van der Waals surface area contributed by atoms with E-state index in [2.05, 4.69) is 5.32 Å². The predicted octanol–water partition coefficient (Wildman–Crippen LogP) is 1.19. The third-order valence-corrected chi connectivity index (χ3v) is 1.36. The molecule has 1 amide bonds. The summed E-state index contributed by atoms with van der Waals surface area (Å²) in [5.41, 5.74) is 0.475. The number of anilines is 1. The predicted molar refractivity (Wildman–Crippen MR) is 53.6 cm³/mol. The molecule has 0 heterocycles. The second-order valence-corrected chi connectivity index (χ2v) is 2.50. The standard InChI is InChI=1S/C10H14N2O/c1-12(2)8-10(13)11-9-6-4-3-5-7-9/h3-7H,8H2,1-2H3,(H,11,13)/i1D3,2D3. The van der Waals surface area contributed by atoms with Crippen LogP contribution < -0.4 is 5.32 Å². The molecule has 0 aliphatic rings. The molecule has 0 saturated carbocycles. The number of nitrogens with zero attached hydrogens (tertiary/aromatic N) is 1. The van der Waals surface area contributed by atoms with Gasteiger partial charge in [0, 0.05) is 13.9 Å². The fraction of sp³-hybridized carbons (Fsp3) is 0.300. The molecule has 1 rings (SSSR count). The van der Waals surface area contributed by atoms with Crippen molar-refractivity contribution in [2.75, 3.05) is 25.8 Å². The molecule has 0 aliphatic carbocycles. The molecule has 0 saturated heterocycles. The van der Waals surface area contributed by atoms with E-state index in [1.807, 2.05) is 0 Å². The highest BCUT2D eigenvalue weighted by atomic mass is 16.2. The first-order chi connectivity index (χ1) is 8.60. The molecule has 1 N–H and O–H groups in total. The molecule has 0 radical (unpaired) electrons. The van der Waals surface area contributed by atoms with E-state index in [1.165, 1.54) is 0 Å². The van der Waals surface area contributed by atoms with Gasteiger partial charge < -0.3 is 10.2 Å². The molecule has 1 aromatic rings. The smallest absolute Gasteiger partial charge is 0.238 e. The summed E-state index contributed by atoms with van der Waals surface area (Å²) >= 11 is 0. The molecule has 0 aliphatic heterocycles. The molecule has 0 unspecified atom stereocenters. The number of carbonyl (C=O) groups excluding carboxylic acids is 1. The number of hydrogen-bond acceptors (Lipinski definition) is 2. The Morgan fingerprint density at radius 2 is 2.15 bits per heavy atom. The Hall–Kier alpha value is -1.35. The zero-order valence-electron chi connectivity index (χ0n) is 12.9. The SMILES string of the molecule is [2H]C([2H])([2H])N(CC(=O)Nc1ccccc1)C([2H])([2H])[2H]. The van der Waals surface area contributed by atoms with Crippen molar-refractivity contribution in [2.24, 2.45) is 0 Å². The lowest BCUT2D eigenvalue weighted by Crippen LogP contribution is -2.26. The van der Waals surface area contributed by atoms with Crippen molar-refractivity contribution in [3.8, 4) is 0 Å². The van der Waals surface area contributed by atoms with Crippen molar-refractivity contribution in [2.45, 2.75) is 0 Å². The van der Waals surface area contributed by atoms with Crippen LogP contribution in [0.5, 0.6) is 0 Å². The van der Waals surface area contributed by atoms with Gasteiger partial charge in [0.05, 0.1) is 6.54 Å². The minimum absolute atomic E-state index is 0.207. The lowest BCUT2D eigenvalue weighted by atomic mass is 10.3. The van der Waals surface area contributed by atoms with E-state index in [9.17, 15) is 4.79 Å². The molecular formula is C10H14N2O. The normalized spacial score (nSPS) is 18.8. The van der Waals surface area contributed by atoms with E-state index in [4.69, 9.17) is 8.22 Å². The molecule has 3 nitrogen and oxygen atoms in total. The Balaban J connectivity index is 2.73. The van der Waals surface area contributed by atoms with Gasteiger partial charge in [-0.2, -0.15) is 0 Å². The number of rotatable bonds is 3. The summed E-state index contributed by atoms with van der Waals surface area (Å²) in [6, 6.07) is 8.38. The van der Waals surface area contributed by atoms with Crippen LogP contribution in [0.15, 0.2) is 30.3 Å². The van der Waals surface area contributed by atoms with Gasteiger partial charge in [0.1, 0.15) is 0 Å². The second-order valence-electron chi connectivity index (χ2n) is 2.50. The number of amides is 1. The van der Waals surface area contributed by atoms with E-state index >= 15 is 0 Å².